The van der Waals surface area contributed by atoms with Crippen LogP contribution in [0.2, 0.25) is 10.0 Å². The number of hydrogen-bond donors (Lipinski definition) is 1. The van der Waals surface area contributed by atoms with E-state index in [1.165, 1.54) is 13.2 Å². The van der Waals surface area contributed by atoms with E-state index in [1.807, 2.05) is 0 Å². The number of esters is 1. The fourth-order valence-electron chi connectivity index (χ4n) is 2.51. The molecule has 0 spiro atoms. The maximum Gasteiger partial charge on any atom is 0.339 e. The minimum atomic E-state index is -0.523. The Labute approximate surface area is 175 Å². The van der Waals surface area contributed by atoms with E-state index in [0.717, 1.165) is 16.7 Å². The average molecular weight is 437 g/mol. The van der Waals surface area contributed by atoms with E-state index < -0.39 is 17.1 Å². The fraction of sp³-hybridized carbons (Fsp3) is 0.105. The number of nitrogens with one attached hydrogen (secondary N) is 1. The van der Waals surface area contributed by atoms with Crippen LogP contribution in [0.1, 0.15) is 15.9 Å². The maximum atomic E-state index is 12.6. The summed E-state index contributed by atoms with van der Waals surface area (Å²) < 4.78 is 4.73. The highest BCUT2D eigenvalue weighted by atomic mass is 35.5. The predicted octanol–water partition coefficient (Wildman–Crippen LogP) is 4.89. The maximum absolute atomic E-state index is 12.6. The number of nitrogens with zero attached hydrogens (tertiary/aromatic N) is 1. The van der Waals surface area contributed by atoms with Crippen LogP contribution in [-0.2, 0) is 9.53 Å². The molecule has 1 aliphatic heterocycles. The quantitative estimate of drug-likeness (QED) is 0.531. The van der Waals surface area contributed by atoms with E-state index in [9.17, 15) is 14.4 Å². The van der Waals surface area contributed by atoms with Crippen molar-refractivity contribution in [1.29, 1.82) is 0 Å². The summed E-state index contributed by atoms with van der Waals surface area (Å²) in [5.41, 5.74) is 1.22. The van der Waals surface area contributed by atoms with Gasteiger partial charge in [-0.2, -0.15) is 0 Å². The first-order chi connectivity index (χ1) is 13.4. The van der Waals surface area contributed by atoms with Gasteiger partial charge in [-0.3, -0.25) is 14.5 Å². The lowest BCUT2D eigenvalue weighted by atomic mass is 10.2. The van der Waals surface area contributed by atoms with Crippen LogP contribution < -0.4 is 5.32 Å². The first-order valence-electron chi connectivity index (χ1n) is 8.03. The van der Waals surface area contributed by atoms with Crippen LogP contribution in [-0.4, -0.2) is 35.8 Å². The van der Waals surface area contributed by atoms with Crippen LogP contribution in [0.3, 0.4) is 0 Å². The number of anilines is 1. The van der Waals surface area contributed by atoms with Gasteiger partial charge < -0.3 is 10.1 Å². The molecule has 1 N–H and O–H groups in total. The van der Waals surface area contributed by atoms with Gasteiger partial charge in [0.2, 0.25) is 0 Å². The summed E-state index contributed by atoms with van der Waals surface area (Å²) in [5, 5.41) is 3.25. The lowest BCUT2D eigenvalue weighted by molar-refractivity contribution is -0.122. The number of ether oxygens (including phenoxy) is 1. The third kappa shape index (κ3) is 4.16. The summed E-state index contributed by atoms with van der Waals surface area (Å²) in [6.45, 7) is -0.105. The molecule has 28 heavy (non-hydrogen) atoms. The van der Waals surface area contributed by atoms with Gasteiger partial charge in [0, 0.05) is 15.6 Å². The normalized spacial score (nSPS) is 15.2. The van der Waals surface area contributed by atoms with Crippen molar-refractivity contribution in [2.75, 3.05) is 19.1 Å². The monoisotopic (exact) mass is 436 g/mol. The van der Waals surface area contributed by atoms with Crippen LogP contribution >= 0.6 is 35.0 Å². The largest absolute Gasteiger partial charge is 0.465 e. The van der Waals surface area contributed by atoms with Gasteiger partial charge in [-0.25, -0.2) is 4.79 Å². The number of carbonyl (C=O) groups is 3. The number of imide groups is 1. The molecule has 0 aliphatic carbocycles. The Morgan fingerprint density at radius 2 is 1.82 bits per heavy atom. The summed E-state index contributed by atoms with van der Waals surface area (Å²) in [6.07, 6.45) is 1.50. The zero-order chi connectivity index (χ0) is 20.3. The van der Waals surface area contributed by atoms with Gasteiger partial charge in [-0.05, 0) is 42.1 Å². The van der Waals surface area contributed by atoms with Crippen molar-refractivity contribution >= 4 is 63.8 Å². The zero-order valence-corrected chi connectivity index (χ0v) is 16.9. The molecule has 1 aliphatic rings. The van der Waals surface area contributed by atoms with Crippen LogP contribution in [0.5, 0.6) is 0 Å². The number of thioether (sulfide) groups is 1. The average Bonchev–Trinajstić information content (AvgIpc) is 2.95. The van der Waals surface area contributed by atoms with E-state index in [2.05, 4.69) is 5.32 Å². The third-order valence-electron chi connectivity index (χ3n) is 3.91. The van der Waals surface area contributed by atoms with Gasteiger partial charge in [0.25, 0.3) is 11.1 Å². The second kappa shape index (κ2) is 8.68. The number of benzene rings is 2. The Balaban J connectivity index is 1.79. The molecule has 2 aromatic carbocycles. The molecular weight excluding hydrogens is 423 g/mol. The topological polar surface area (TPSA) is 75.7 Å². The molecule has 1 fully saturated rings. The Morgan fingerprint density at radius 1 is 1.14 bits per heavy atom. The number of halogens is 2. The molecule has 0 bridgehead atoms. The Hall–Kier alpha value is -2.48. The van der Waals surface area contributed by atoms with Crippen molar-refractivity contribution in [2.24, 2.45) is 0 Å². The number of hydrogen-bond acceptors (Lipinski definition) is 6. The molecule has 2 amide bonds. The van der Waals surface area contributed by atoms with Crippen molar-refractivity contribution < 1.29 is 19.1 Å². The van der Waals surface area contributed by atoms with Gasteiger partial charge in [0.05, 0.1) is 29.9 Å². The van der Waals surface area contributed by atoms with Crippen molar-refractivity contribution in [1.82, 2.24) is 4.90 Å². The Kier molecular flexibility index (Phi) is 6.28. The molecule has 1 heterocycles. The van der Waals surface area contributed by atoms with E-state index >= 15 is 0 Å². The van der Waals surface area contributed by atoms with E-state index in [1.54, 1.807) is 42.5 Å². The molecule has 0 aromatic heterocycles. The standard InChI is InChI=1S/C19H14Cl2N2O4S/c1-27-18(25)11-5-2-3-8-15(11)22-10-23-17(24)16(28-19(23)26)9-12-13(20)6-4-7-14(12)21/h2-9,22H,10H2,1H3/b16-9-. The molecule has 0 unspecified atom stereocenters. The first-order valence-corrected chi connectivity index (χ1v) is 9.60. The lowest BCUT2D eigenvalue weighted by Gasteiger charge is -2.16. The number of para-hydroxylation sites is 1. The molecule has 1 saturated heterocycles. The summed E-state index contributed by atoms with van der Waals surface area (Å²) in [7, 11) is 1.28. The van der Waals surface area contributed by atoms with Gasteiger partial charge in [-0.1, -0.05) is 41.4 Å². The van der Waals surface area contributed by atoms with Crippen LogP contribution in [0.4, 0.5) is 10.5 Å². The lowest BCUT2D eigenvalue weighted by Crippen LogP contribution is -2.33. The molecule has 2 aromatic rings. The summed E-state index contributed by atoms with van der Waals surface area (Å²) in [4.78, 5) is 38.0. The highest BCUT2D eigenvalue weighted by molar-refractivity contribution is 8.18. The molecule has 0 radical (unpaired) electrons. The number of rotatable bonds is 5. The second-order valence-electron chi connectivity index (χ2n) is 5.62. The molecule has 144 valence electrons. The summed E-state index contributed by atoms with van der Waals surface area (Å²) >= 11 is 13.0. The smallest absolute Gasteiger partial charge is 0.339 e. The van der Waals surface area contributed by atoms with Crippen LogP contribution in [0.25, 0.3) is 6.08 Å². The van der Waals surface area contributed by atoms with Gasteiger partial charge in [0.1, 0.15) is 0 Å². The van der Waals surface area contributed by atoms with Crippen molar-refractivity contribution in [3.63, 3.8) is 0 Å². The van der Waals surface area contributed by atoms with Crippen LogP contribution in [0, 0.1) is 0 Å². The van der Waals surface area contributed by atoms with Crippen LogP contribution in [0.15, 0.2) is 47.4 Å². The Bertz CT molecular complexity index is 973. The first kappa shape index (κ1) is 20.3. The molecule has 6 nitrogen and oxygen atoms in total. The SMILES string of the molecule is COC(=O)c1ccccc1NCN1C(=O)S/C(=C\c2c(Cl)cccc2Cl)C1=O. The van der Waals surface area contributed by atoms with E-state index in [4.69, 9.17) is 27.9 Å². The van der Waals surface area contributed by atoms with Gasteiger partial charge in [-0.15, -0.1) is 0 Å². The minimum absolute atomic E-state index is 0.105. The van der Waals surface area contributed by atoms with Crippen molar-refractivity contribution in [3.8, 4) is 0 Å². The fourth-order valence-corrected chi connectivity index (χ4v) is 3.83. The molecule has 0 saturated carbocycles. The highest BCUT2D eigenvalue weighted by Crippen LogP contribution is 2.35. The summed E-state index contributed by atoms with van der Waals surface area (Å²) in [6, 6.07) is 11.6. The molecule has 3 rings (SSSR count). The predicted molar refractivity (Wildman–Crippen MR) is 111 cm³/mol. The zero-order valence-electron chi connectivity index (χ0n) is 14.6. The number of amides is 2. The number of methoxy groups -OCH3 is 1. The van der Waals surface area contributed by atoms with Gasteiger partial charge >= 0.3 is 5.97 Å². The third-order valence-corrected chi connectivity index (χ3v) is 5.48. The molecular formula is C19H14Cl2N2O4S. The Morgan fingerprint density at radius 3 is 2.50 bits per heavy atom. The number of carbonyl (C=O) groups excluding carboxylic acids is 3. The highest BCUT2D eigenvalue weighted by Gasteiger charge is 2.35. The molecule has 9 heteroatoms. The van der Waals surface area contributed by atoms with E-state index in [0.29, 0.717) is 26.9 Å². The van der Waals surface area contributed by atoms with Crippen molar-refractivity contribution in [3.05, 3.63) is 68.5 Å². The summed E-state index contributed by atoms with van der Waals surface area (Å²) in [5.74, 6) is -1.00. The van der Waals surface area contributed by atoms with Gasteiger partial charge in [0.15, 0.2) is 0 Å². The molecule has 0 atom stereocenters. The van der Waals surface area contributed by atoms with E-state index in [-0.39, 0.29) is 11.6 Å². The second-order valence-corrected chi connectivity index (χ2v) is 7.42. The van der Waals surface area contributed by atoms with Crippen molar-refractivity contribution in [2.45, 2.75) is 0 Å². The minimum Gasteiger partial charge on any atom is -0.465 e.